The zero-order chi connectivity index (χ0) is 14.3. The Hall–Kier alpha value is -1.39. The molecule has 0 aromatic heterocycles. The second-order valence-electron chi connectivity index (χ2n) is 5.69. The summed E-state index contributed by atoms with van der Waals surface area (Å²) >= 11 is 5.80. The molecule has 1 aliphatic heterocycles. The highest BCUT2D eigenvalue weighted by molar-refractivity contribution is 6.30. The van der Waals surface area contributed by atoms with Gasteiger partial charge in [-0.05, 0) is 24.3 Å². The Bertz CT molecular complexity index is 519. The predicted molar refractivity (Wildman–Crippen MR) is 75.1 cm³/mol. The van der Waals surface area contributed by atoms with E-state index in [4.69, 9.17) is 11.6 Å². The second kappa shape index (κ2) is 4.62. The first kappa shape index (κ1) is 14.0. The molecule has 5 heteroatoms. The topological polar surface area (TPSA) is 52.9 Å². The summed E-state index contributed by atoms with van der Waals surface area (Å²) in [5.41, 5.74) is -1.35. The molecule has 102 valence electrons. The van der Waals surface area contributed by atoms with Gasteiger partial charge in [-0.2, -0.15) is 10.1 Å². The van der Waals surface area contributed by atoms with Gasteiger partial charge in [0.1, 0.15) is 0 Å². The number of carbonyl (C=O) groups excluding carboxylic acids is 1. The van der Waals surface area contributed by atoms with Crippen molar-refractivity contribution in [2.24, 2.45) is 10.5 Å². The Kier molecular flexibility index (Phi) is 3.41. The molecule has 0 aliphatic carbocycles. The number of halogens is 1. The van der Waals surface area contributed by atoms with Crippen molar-refractivity contribution in [3.8, 4) is 0 Å². The van der Waals surface area contributed by atoms with Crippen molar-refractivity contribution in [3.05, 3.63) is 34.9 Å². The summed E-state index contributed by atoms with van der Waals surface area (Å²) in [6.07, 6.45) is 1.90. The van der Waals surface area contributed by atoms with E-state index in [9.17, 15) is 9.90 Å². The van der Waals surface area contributed by atoms with Crippen LogP contribution in [-0.4, -0.2) is 28.0 Å². The van der Waals surface area contributed by atoms with E-state index >= 15 is 0 Å². The van der Waals surface area contributed by atoms with Crippen LogP contribution in [0, 0.1) is 5.41 Å². The molecule has 0 saturated carbocycles. The molecule has 0 radical (unpaired) electrons. The quantitative estimate of drug-likeness (QED) is 0.860. The van der Waals surface area contributed by atoms with Crippen molar-refractivity contribution in [2.45, 2.75) is 32.9 Å². The van der Waals surface area contributed by atoms with Gasteiger partial charge in [0.2, 0.25) is 0 Å². The number of hydrogen-bond acceptors (Lipinski definition) is 3. The average Bonchev–Trinajstić information content (AvgIpc) is 2.72. The van der Waals surface area contributed by atoms with Crippen LogP contribution in [0.25, 0.3) is 0 Å². The van der Waals surface area contributed by atoms with E-state index in [-0.39, 0.29) is 5.91 Å². The zero-order valence-corrected chi connectivity index (χ0v) is 12.0. The second-order valence-corrected chi connectivity index (χ2v) is 6.13. The summed E-state index contributed by atoms with van der Waals surface area (Å²) < 4.78 is 0. The van der Waals surface area contributed by atoms with Crippen molar-refractivity contribution in [1.29, 1.82) is 0 Å². The zero-order valence-electron chi connectivity index (χ0n) is 11.2. The Morgan fingerprint density at radius 2 is 1.95 bits per heavy atom. The van der Waals surface area contributed by atoms with Crippen LogP contribution < -0.4 is 0 Å². The molecule has 1 N–H and O–H groups in total. The third-order valence-corrected chi connectivity index (χ3v) is 3.66. The van der Waals surface area contributed by atoms with Crippen LogP contribution in [0.1, 0.15) is 37.6 Å². The highest BCUT2D eigenvalue weighted by atomic mass is 35.5. The summed E-state index contributed by atoms with van der Waals surface area (Å²) in [5.74, 6) is -0.331. The van der Waals surface area contributed by atoms with Gasteiger partial charge >= 0.3 is 0 Å². The molecule has 1 atom stereocenters. The third-order valence-electron chi connectivity index (χ3n) is 3.41. The van der Waals surface area contributed by atoms with Crippen LogP contribution >= 0.6 is 11.6 Å². The fraction of sp³-hybridized carbons (Fsp3) is 0.429. The van der Waals surface area contributed by atoms with Crippen molar-refractivity contribution in [2.75, 3.05) is 0 Å². The van der Waals surface area contributed by atoms with Crippen LogP contribution in [0.2, 0.25) is 5.02 Å². The van der Waals surface area contributed by atoms with Gasteiger partial charge in [0.05, 0.1) is 0 Å². The van der Waals surface area contributed by atoms with Gasteiger partial charge in [-0.15, -0.1) is 0 Å². The maximum Gasteiger partial charge on any atom is 0.276 e. The SMILES string of the molecule is CC(C)(C)C1(O)CC=NN1C(=O)c1ccc(Cl)cc1. The van der Waals surface area contributed by atoms with E-state index in [1.807, 2.05) is 20.8 Å². The Labute approximate surface area is 117 Å². The first-order valence-electron chi connectivity index (χ1n) is 6.11. The minimum absolute atomic E-state index is 0.329. The predicted octanol–water partition coefficient (Wildman–Crippen LogP) is 2.91. The molecule has 0 bridgehead atoms. The first-order valence-corrected chi connectivity index (χ1v) is 6.48. The summed E-state index contributed by atoms with van der Waals surface area (Å²) in [6, 6.07) is 6.54. The number of benzene rings is 1. The number of amides is 1. The Morgan fingerprint density at radius 3 is 2.47 bits per heavy atom. The largest absolute Gasteiger partial charge is 0.368 e. The van der Waals surface area contributed by atoms with E-state index in [0.717, 1.165) is 5.01 Å². The standard InChI is InChI=1S/C14H17ClN2O2/c1-13(2,3)14(19)8-9-16-17(14)12(18)10-4-6-11(15)7-5-10/h4-7,9,19H,8H2,1-3H3. The van der Waals surface area contributed by atoms with Gasteiger partial charge in [-0.25, -0.2) is 0 Å². The first-order chi connectivity index (χ1) is 8.75. The highest BCUT2D eigenvalue weighted by Crippen LogP contribution is 2.39. The minimum Gasteiger partial charge on any atom is -0.368 e. The number of rotatable bonds is 1. The van der Waals surface area contributed by atoms with E-state index < -0.39 is 11.1 Å². The summed E-state index contributed by atoms with van der Waals surface area (Å²) in [5, 5.41) is 16.5. The van der Waals surface area contributed by atoms with E-state index in [1.54, 1.807) is 30.5 Å². The maximum atomic E-state index is 12.4. The number of nitrogens with zero attached hydrogens (tertiary/aromatic N) is 2. The normalized spacial score (nSPS) is 22.9. The Morgan fingerprint density at radius 1 is 1.37 bits per heavy atom. The van der Waals surface area contributed by atoms with Gasteiger partial charge in [-0.3, -0.25) is 4.79 Å². The molecule has 1 amide bonds. The lowest BCUT2D eigenvalue weighted by Crippen LogP contribution is -2.54. The summed E-state index contributed by atoms with van der Waals surface area (Å²) in [4.78, 5) is 12.4. The average molecular weight is 281 g/mol. The third kappa shape index (κ3) is 2.38. The molecule has 4 nitrogen and oxygen atoms in total. The van der Waals surface area contributed by atoms with Crippen LogP contribution in [0.4, 0.5) is 0 Å². The van der Waals surface area contributed by atoms with Gasteiger partial charge in [-0.1, -0.05) is 32.4 Å². The molecule has 2 rings (SSSR count). The van der Waals surface area contributed by atoms with Crippen molar-refractivity contribution in [3.63, 3.8) is 0 Å². The van der Waals surface area contributed by atoms with E-state index in [1.165, 1.54) is 0 Å². The van der Waals surface area contributed by atoms with Gasteiger partial charge in [0, 0.05) is 28.6 Å². The van der Waals surface area contributed by atoms with Crippen LogP contribution in [-0.2, 0) is 0 Å². The molecular weight excluding hydrogens is 264 g/mol. The molecule has 0 fully saturated rings. The van der Waals surface area contributed by atoms with Crippen LogP contribution in [0.15, 0.2) is 29.4 Å². The van der Waals surface area contributed by atoms with E-state index in [2.05, 4.69) is 5.10 Å². The number of aliphatic hydroxyl groups is 1. The van der Waals surface area contributed by atoms with Crippen molar-refractivity contribution < 1.29 is 9.90 Å². The van der Waals surface area contributed by atoms with E-state index in [0.29, 0.717) is 17.0 Å². The molecular formula is C14H17ClN2O2. The molecule has 1 aromatic carbocycles. The smallest absolute Gasteiger partial charge is 0.276 e. The molecule has 19 heavy (non-hydrogen) atoms. The van der Waals surface area contributed by atoms with Gasteiger partial charge in [0.15, 0.2) is 5.72 Å². The summed E-state index contributed by atoms with van der Waals surface area (Å²) in [6.45, 7) is 5.64. The lowest BCUT2D eigenvalue weighted by Gasteiger charge is -2.41. The fourth-order valence-corrected chi connectivity index (χ4v) is 2.12. The lowest BCUT2D eigenvalue weighted by molar-refractivity contribution is -0.143. The van der Waals surface area contributed by atoms with Crippen LogP contribution in [0.5, 0.6) is 0 Å². The lowest BCUT2D eigenvalue weighted by atomic mass is 9.81. The molecule has 1 unspecified atom stereocenters. The number of hydrogen-bond donors (Lipinski definition) is 1. The molecule has 1 heterocycles. The molecule has 0 spiro atoms. The molecule has 1 aromatic rings. The number of carbonyl (C=O) groups is 1. The summed E-state index contributed by atoms with van der Waals surface area (Å²) in [7, 11) is 0. The fourth-order valence-electron chi connectivity index (χ4n) is 1.99. The maximum absolute atomic E-state index is 12.4. The van der Waals surface area contributed by atoms with Gasteiger partial charge in [0.25, 0.3) is 5.91 Å². The molecule has 0 saturated heterocycles. The van der Waals surface area contributed by atoms with Crippen molar-refractivity contribution in [1.82, 2.24) is 5.01 Å². The highest BCUT2D eigenvalue weighted by Gasteiger charge is 2.50. The molecule has 1 aliphatic rings. The van der Waals surface area contributed by atoms with Gasteiger partial charge < -0.3 is 5.11 Å². The monoisotopic (exact) mass is 280 g/mol. The minimum atomic E-state index is -1.30. The Balaban J connectivity index is 2.33. The van der Waals surface area contributed by atoms with Crippen molar-refractivity contribution >= 4 is 23.7 Å². The van der Waals surface area contributed by atoms with Crippen LogP contribution in [0.3, 0.4) is 0 Å². The number of hydrazone groups is 1.